The third-order valence-corrected chi connectivity index (χ3v) is 2.82. The van der Waals surface area contributed by atoms with E-state index in [4.69, 9.17) is 23.2 Å². The van der Waals surface area contributed by atoms with E-state index in [0.29, 0.717) is 16.2 Å². The van der Waals surface area contributed by atoms with Crippen LogP contribution in [0.1, 0.15) is 13.8 Å². The number of rotatable bonds is 2. The van der Waals surface area contributed by atoms with Crippen LogP contribution >= 0.6 is 23.2 Å². The zero-order valence-corrected chi connectivity index (χ0v) is 10.2. The Morgan fingerprint density at radius 1 is 1.33 bits per heavy atom. The molecule has 1 aromatic carbocycles. The average molecular weight is 243 g/mol. The molecule has 80 valence electrons. The van der Waals surface area contributed by atoms with Gasteiger partial charge in [-0.3, -0.25) is 0 Å². The Kier molecular flexibility index (Phi) is 2.89. The third kappa shape index (κ3) is 1.97. The molecular weight excluding hydrogens is 231 g/mol. The molecule has 15 heavy (non-hydrogen) atoms. The van der Waals surface area contributed by atoms with Gasteiger partial charge >= 0.3 is 0 Å². The second kappa shape index (κ2) is 4.03. The quantitative estimate of drug-likeness (QED) is 0.779. The summed E-state index contributed by atoms with van der Waals surface area (Å²) in [4.78, 5) is 4.26. The SMILES string of the molecule is CC(C)Cn1c(Cl)nc2c(Cl)cccc21. The summed E-state index contributed by atoms with van der Waals surface area (Å²) in [7, 11) is 0. The van der Waals surface area contributed by atoms with Gasteiger partial charge in [-0.2, -0.15) is 0 Å². The molecule has 0 radical (unpaired) electrons. The number of imidazole rings is 1. The minimum atomic E-state index is 0.506. The highest BCUT2D eigenvalue weighted by atomic mass is 35.5. The van der Waals surface area contributed by atoms with Gasteiger partial charge in [-0.1, -0.05) is 31.5 Å². The Balaban J connectivity index is 2.63. The van der Waals surface area contributed by atoms with Gasteiger partial charge in [0.1, 0.15) is 5.52 Å². The first-order chi connectivity index (χ1) is 7.09. The Bertz CT molecular complexity index is 489. The van der Waals surface area contributed by atoms with Gasteiger partial charge in [0, 0.05) is 6.54 Å². The van der Waals surface area contributed by atoms with Crippen molar-refractivity contribution in [2.75, 3.05) is 0 Å². The summed E-state index contributed by atoms with van der Waals surface area (Å²) in [5.74, 6) is 0.527. The van der Waals surface area contributed by atoms with E-state index in [1.165, 1.54) is 0 Å². The summed E-state index contributed by atoms with van der Waals surface area (Å²) >= 11 is 12.1. The van der Waals surface area contributed by atoms with Crippen LogP contribution in [0.25, 0.3) is 11.0 Å². The molecule has 0 N–H and O–H groups in total. The monoisotopic (exact) mass is 242 g/mol. The lowest BCUT2D eigenvalue weighted by molar-refractivity contribution is 0.533. The van der Waals surface area contributed by atoms with E-state index in [0.717, 1.165) is 17.6 Å². The summed E-state index contributed by atoms with van der Waals surface area (Å²) in [6, 6.07) is 5.73. The fraction of sp³-hybridized carbons (Fsp3) is 0.364. The van der Waals surface area contributed by atoms with Crippen molar-refractivity contribution < 1.29 is 0 Å². The van der Waals surface area contributed by atoms with Gasteiger partial charge in [-0.15, -0.1) is 0 Å². The highest BCUT2D eigenvalue weighted by Crippen LogP contribution is 2.26. The normalized spacial score (nSPS) is 11.5. The van der Waals surface area contributed by atoms with E-state index in [1.54, 1.807) is 0 Å². The standard InChI is InChI=1S/C11H12Cl2N2/c1-7(2)6-15-9-5-3-4-8(12)10(9)14-11(15)13/h3-5,7H,6H2,1-2H3. The average Bonchev–Trinajstić information content (AvgIpc) is 2.45. The van der Waals surface area contributed by atoms with Gasteiger partial charge in [0.05, 0.1) is 10.5 Å². The van der Waals surface area contributed by atoms with Crippen molar-refractivity contribution in [3.63, 3.8) is 0 Å². The molecule has 0 saturated heterocycles. The van der Waals surface area contributed by atoms with Crippen LogP contribution < -0.4 is 0 Å². The maximum Gasteiger partial charge on any atom is 0.203 e. The minimum absolute atomic E-state index is 0.506. The van der Waals surface area contributed by atoms with Crippen LogP contribution in [-0.2, 0) is 6.54 Å². The Morgan fingerprint density at radius 2 is 2.07 bits per heavy atom. The lowest BCUT2D eigenvalue weighted by Crippen LogP contribution is -2.04. The van der Waals surface area contributed by atoms with Gasteiger partial charge in [0.2, 0.25) is 5.28 Å². The molecule has 0 bridgehead atoms. The van der Waals surface area contributed by atoms with E-state index in [9.17, 15) is 0 Å². The predicted octanol–water partition coefficient (Wildman–Crippen LogP) is 4.00. The van der Waals surface area contributed by atoms with Crippen molar-refractivity contribution >= 4 is 34.2 Å². The van der Waals surface area contributed by atoms with E-state index in [-0.39, 0.29) is 0 Å². The molecule has 2 rings (SSSR count). The summed E-state index contributed by atoms with van der Waals surface area (Å²) in [6.45, 7) is 5.15. The van der Waals surface area contributed by atoms with Crippen molar-refractivity contribution in [1.82, 2.24) is 9.55 Å². The second-order valence-corrected chi connectivity index (χ2v) is 4.74. The smallest absolute Gasteiger partial charge is 0.203 e. The lowest BCUT2D eigenvalue weighted by atomic mass is 10.2. The van der Waals surface area contributed by atoms with Crippen LogP contribution in [0.3, 0.4) is 0 Å². The van der Waals surface area contributed by atoms with Crippen molar-refractivity contribution in [3.05, 3.63) is 28.5 Å². The summed E-state index contributed by atoms with van der Waals surface area (Å²) in [5, 5.41) is 1.16. The van der Waals surface area contributed by atoms with Crippen LogP contribution in [0.4, 0.5) is 0 Å². The summed E-state index contributed by atoms with van der Waals surface area (Å²) in [6.07, 6.45) is 0. The van der Waals surface area contributed by atoms with Crippen LogP contribution in [0, 0.1) is 5.92 Å². The number of aromatic nitrogens is 2. The van der Waals surface area contributed by atoms with E-state index < -0.39 is 0 Å². The molecule has 4 heteroatoms. The minimum Gasteiger partial charge on any atom is -0.314 e. The van der Waals surface area contributed by atoms with Crippen LogP contribution in [0.2, 0.25) is 10.3 Å². The lowest BCUT2D eigenvalue weighted by Gasteiger charge is -2.08. The largest absolute Gasteiger partial charge is 0.314 e. The molecule has 0 aliphatic carbocycles. The number of halogens is 2. The third-order valence-electron chi connectivity index (χ3n) is 2.23. The first kappa shape index (κ1) is 10.8. The molecule has 1 heterocycles. The highest BCUT2D eigenvalue weighted by Gasteiger charge is 2.11. The zero-order chi connectivity index (χ0) is 11.0. The Hall–Kier alpha value is -0.730. The molecule has 0 aliphatic heterocycles. The van der Waals surface area contributed by atoms with Gasteiger partial charge in [0.15, 0.2) is 0 Å². The fourth-order valence-corrected chi connectivity index (χ4v) is 2.08. The van der Waals surface area contributed by atoms with Crippen molar-refractivity contribution in [2.45, 2.75) is 20.4 Å². The Morgan fingerprint density at radius 3 is 2.73 bits per heavy atom. The number of para-hydroxylation sites is 1. The van der Waals surface area contributed by atoms with Crippen LogP contribution in [-0.4, -0.2) is 9.55 Å². The topological polar surface area (TPSA) is 17.8 Å². The molecule has 0 aliphatic rings. The van der Waals surface area contributed by atoms with Gasteiger partial charge in [-0.05, 0) is 29.7 Å². The molecule has 0 unspecified atom stereocenters. The molecule has 0 atom stereocenters. The first-order valence-corrected chi connectivity index (χ1v) is 5.65. The van der Waals surface area contributed by atoms with Crippen molar-refractivity contribution in [1.29, 1.82) is 0 Å². The molecule has 1 aromatic heterocycles. The van der Waals surface area contributed by atoms with Crippen molar-refractivity contribution in [3.8, 4) is 0 Å². The zero-order valence-electron chi connectivity index (χ0n) is 8.67. The molecule has 2 nitrogen and oxygen atoms in total. The number of benzene rings is 1. The fourth-order valence-electron chi connectivity index (χ4n) is 1.62. The maximum atomic E-state index is 6.08. The Labute approximate surface area is 98.8 Å². The number of nitrogens with zero attached hydrogens (tertiary/aromatic N) is 2. The molecule has 0 amide bonds. The van der Waals surface area contributed by atoms with Gasteiger partial charge in [0.25, 0.3) is 0 Å². The first-order valence-electron chi connectivity index (χ1n) is 4.90. The molecule has 0 saturated carbocycles. The number of fused-ring (bicyclic) bond motifs is 1. The van der Waals surface area contributed by atoms with Crippen molar-refractivity contribution in [2.24, 2.45) is 5.92 Å². The molecular formula is C11H12Cl2N2. The van der Waals surface area contributed by atoms with Gasteiger partial charge in [-0.25, -0.2) is 4.98 Å². The van der Waals surface area contributed by atoms with Gasteiger partial charge < -0.3 is 4.57 Å². The molecule has 0 fully saturated rings. The summed E-state index contributed by atoms with van der Waals surface area (Å²) < 4.78 is 1.99. The predicted molar refractivity (Wildman–Crippen MR) is 64.6 cm³/mol. The molecule has 0 spiro atoms. The van der Waals surface area contributed by atoms with Crippen LogP contribution in [0.15, 0.2) is 18.2 Å². The molecule has 2 aromatic rings. The highest BCUT2D eigenvalue weighted by molar-refractivity contribution is 6.35. The van der Waals surface area contributed by atoms with E-state index >= 15 is 0 Å². The number of hydrogen-bond donors (Lipinski definition) is 0. The maximum absolute atomic E-state index is 6.08. The number of hydrogen-bond acceptors (Lipinski definition) is 1. The van der Waals surface area contributed by atoms with Crippen LogP contribution in [0.5, 0.6) is 0 Å². The summed E-state index contributed by atoms with van der Waals surface area (Å²) in [5.41, 5.74) is 1.78. The van der Waals surface area contributed by atoms with E-state index in [2.05, 4.69) is 18.8 Å². The second-order valence-electron chi connectivity index (χ2n) is 3.99. The van der Waals surface area contributed by atoms with E-state index in [1.807, 2.05) is 22.8 Å².